The number of anilines is 2. The number of nitrogens with two attached hydrogens (primary N) is 1. The van der Waals surface area contributed by atoms with Crippen LogP contribution in [0.1, 0.15) is 65.3 Å². The minimum absolute atomic E-state index is 0.0146. The lowest BCUT2D eigenvalue weighted by atomic mass is 9.90. The number of piperazine rings is 1. The quantitative estimate of drug-likeness (QED) is 0.0276. The SMILES string of the molecule is CNCCCC(C=O)N1C(=O)c2cccc(NCC(=O)NCOCCOCCOCCN3CCN(C4CCC(n5nc(-c6ccc(Oc7ccccc7)cc6)c6c(N)ncnc65)CC4)CC3)c2C1=O. The number of imide groups is 1. The average Bonchev–Trinajstić information content (AvgIpc) is 3.90. The van der Waals surface area contributed by atoms with Crippen molar-refractivity contribution >= 4 is 46.5 Å². The van der Waals surface area contributed by atoms with Crippen molar-refractivity contribution in [1.29, 1.82) is 0 Å². The zero-order valence-electron chi connectivity index (χ0n) is 39.2. The number of nitrogens with one attached hydrogen (secondary N) is 3. The summed E-state index contributed by atoms with van der Waals surface area (Å²) in [4.78, 5) is 65.7. The largest absolute Gasteiger partial charge is 0.457 e. The molecule has 1 saturated heterocycles. The van der Waals surface area contributed by atoms with Crippen molar-refractivity contribution in [2.24, 2.45) is 0 Å². The number of aldehydes is 1. The van der Waals surface area contributed by atoms with Gasteiger partial charge in [-0.25, -0.2) is 14.6 Å². The zero-order valence-corrected chi connectivity index (χ0v) is 39.2. The molecule has 0 bridgehead atoms. The van der Waals surface area contributed by atoms with Gasteiger partial charge in [-0.05, 0) is 101 Å². The number of para-hydroxylation sites is 1. The number of ether oxygens (including phenoxy) is 4. The molecule has 3 aliphatic rings. The van der Waals surface area contributed by atoms with Crippen LogP contribution in [-0.4, -0.2) is 163 Å². The maximum atomic E-state index is 13.3. The van der Waals surface area contributed by atoms with E-state index in [9.17, 15) is 19.2 Å². The predicted octanol–water partition coefficient (Wildman–Crippen LogP) is 4.37. The van der Waals surface area contributed by atoms with Crippen molar-refractivity contribution < 1.29 is 38.1 Å². The maximum Gasteiger partial charge on any atom is 0.264 e. The molecule has 1 unspecified atom stereocenters. The lowest BCUT2D eigenvalue weighted by Gasteiger charge is -2.42. The summed E-state index contributed by atoms with van der Waals surface area (Å²) in [6, 6.07) is 22.4. The van der Waals surface area contributed by atoms with Crippen LogP contribution in [0.5, 0.6) is 11.5 Å². The highest BCUT2D eigenvalue weighted by Gasteiger charge is 2.41. The average molecular weight is 946 g/mol. The minimum atomic E-state index is -0.859. The molecule has 2 aliphatic heterocycles. The third-order valence-corrected chi connectivity index (χ3v) is 13.0. The Balaban J connectivity index is 0.666. The fourth-order valence-electron chi connectivity index (χ4n) is 9.35. The molecule has 1 atom stereocenters. The van der Waals surface area contributed by atoms with Crippen LogP contribution < -0.4 is 26.4 Å². The number of nitrogens with zero attached hydrogens (tertiary/aromatic N) is 7. The van der Waals surface area contributed by atoms with Gasteiger partial charge in [0.05, 0.1) is 68.2 Å². The molecule has 19 nitrogen and oxygen atoms in total. The lowest BCUT2D eigenvalue weighted by molar-refractivity contribution is -0.121. The molecule has 5 aromatic rings. The van der Waals surface area contributed by atoms with E-state index in [4.69, 9.17) is 29.8 Å². The summed E-state index contributed by atoms with van der Waals surface area (Å²) in [6.45, 7) is 7.66. The van der Waals surface area contributed by atoms with Crippen LogP contribution in [0.2, 0.25) is 0 Å². The van der Waals surface area contributed by atoms with Gasteiger partial charge in [0, 0.05) is 50.0 Å². The van der Waals surface area contributed by atoms with Crippen LogP contribution in [0.3, 0.4) is 0 Å². The predicted molar refractivity (Wildman–Crippen MR) is 260 cm³/mol. The monoisotopic (exact) mass is 945 g/mol. The van der Waals surface area contributed by atoms with Crippen LogP contribution >= 0.6 is 0 Å². The smallest absolute Gasteiger partial charge is 0.264 e. The summed E-state index contributed by atoms with van der Waals surface area (Å²) in [5, 5.41) is 14.5. The standard InChI is InChI=1S/C50H63N11O8/c1-52-20-6-7-38(32-62)60-49(64)41-10-5-11-42(44(41)50(60)65)53-31-43(63)56-34-68-30-29-67-28-27-66-26-25-58-21-23-59(24-22-58)36-14-16-37(17-15-36)61-48-45(47(51)54-33-55-48)46(57-61)35-12-18-40(19-13-35)69-39-8-3-2-4-9-39/h2-5,8-13,18-19,32-33,36-38,52-53H,6-7,14-17,20-31,34H2,1H3,(H,56,63)(H2,51,54,55). The molecule has 4 heterocycles. The highest BCUT2D eigenvalue weighted by molar-refractivity contribution is 6.24. The van der Waals surface area contributed by atoms with Gasteiger partial charge in [0.2, 0.25) is 5.91 Å². The molecule has 8 rings (SSSR count). The normalized spacial score (nSPS) is 18.1. The van der Waals surface area contributed by atoms with Crippen molar-refractivity contribution in [3.8, 4) is 22.8 Å². The Morgan fingerprint density at radius 1 is 0.826 bits per heavy atom. The van der Waals surface area contributed by atoms with E-state index in [0.717, 1.165) is 97.1 Å². The van der Waals surface area contributed by atoms with Crippen molar-refractivity contribution in [3.63, 3.8) is 0 Å². The number of rotatable bonds is 25. The first-order chi connectivity index (χ1) is 33.8. The topological polar surface area (TPSA) is 221 Å². The summed E-state index contributed by atoms with van der Waals surface area (Å²) >= 11 is 0. The molecule has 2 fully saturated rings. The van der Waals surface area contributed by atoms with E-state index in [1.807, 2.05) is 54.6 Å². The lowest BCUT2D eigenvalue weighted by Crippen LogP contribution is -2.51. The number of fused-ring (bicyclic) bond motifs is 2. The van der Waals surface area contributed by atoms with Gasteiger partial charge in [0.25, 0.3) is 11.8 Å². The third-order valence-electron chi connectivity index (χ3n) is 13.0. The van der Waals surface area contributed by atoms with Gasteiger partial charge in [-0.3, -0.25) is 29.1 Å². The molecule has 5 N–H and O–H groups in total. The first-order valence-electron chi connectivity index (χ1n) is 24.0. The van der Waals surface area contributed by atoms with Gasteiger partial charge in [-0.1, -0.05) is 24.3 Å². The number of amides is 3. The van der Waals surface area contributed by atoms with E-state index >= 15 is 0 Å². The first kappa shape index (κ1) is 49.1. The maximum absolute atomic E-state index is 13.3. The molecule has 3 amide bonds. The Hall–Kier alpha value is -6.35. The van der Waals surface area contributed by atoms with Crippen LogP contribution in [0, 0.1) is 0 Å². The fourth-order valence-corrected chi connectivity index (χ4v) is 9.35. The van der Waals surface area contributed by atoms with E-state index in [1.54, 1.807) is 25.2 Å². The second kappa shape index (κ2) is 24.3. The summed E-state index contributed by atoms with van der Waals surface area (Å²) in [7, 11) is 1.79. The molecule has 366 valence electrons. The van der Waals surface area contributed by atoms with E-state index in [1.165, 1.54) is 6.33 Å². The molecule has 3 aromatic carbocycles. The Morgan fingerprint density at radius 3 is 2.28 bits per heavy atom. The van der Waals surface area contributed by atoms with E-state index in [0.29, 0.717) is 69.6 Å². The van der Waals surface area contributed by atoms with Gasteiger partial charge < -0.3 is 45.4 Å². The van der Waals surface area contributed by atoms with E-state index in [2.05, 4.69) is 40.4 Å². The Bertz CT molecular complexity index is 2490. The fraction of sp³-hybridized carbons (Fsp3) is 0.460. The Morgan fingerprint density at radius 2 is 1.54 bits per heavy atom. The Kier molecular flexibility index (Phi) is 17.3. The van der Waals surface area contributed by atoms with Gasteiger partial charge in [-0.2, -0.15) is 5.10 Å². The van der Waals surface area contributed by atoms with Gasteiger partial charge in [0.1, 0.15) is 42.4 Å². The number of benzene rings is 3. The summed E-state index contributed by atoms with van der Waals surface area (Å²) in [5.74, 6) is 0.529. The van der Waals surface area contributed by atoms with Crippen LogP contribution in [0.15, 0.2) is 79.1 Å². The molecular formula is C50H63N11O8. The van der Waals surface area contributed by atoms with Gasteiger partial charge in [0.15, 0.2) is 5.65 Å². The molecule has 19 heteroatoms. The van der Waals surface area contributed by atoms with Gasteiger partial charge in [-0.15, -0.1) is 0 Å². The summed E-state index contributed by atoms with van der Waals surface area (Å²) in [6.07, 6.45) is 7.37. The minimum Gasteiger partial charge on any atom is -0.457 e. The van der Waals surface area contributed by atoms with Crippen LogP contribution in [0.25, 0.3) is 22.3 Å². The molecule has 69 heavy (non-hydrogen) atoms. The second-order valence-corrected chi connectivity index (χ2v) is 17.4. The molecule has 2 aromatic heterocycles. The second-order valence-electron chi connectivity index (χ2n) is 17.4. The van der Waals surface area contributed by atoms with Crippen molar-refractivity contribution in [3.05, 3.63) is 90.3 Å². The highest BCUT2D eigenvalue weighted by atomic mass is 16.5. The van der Waals surface area contributed by atoms with E-state index in [-0.39, 0.29) is 43.0 Å². The molecule has 0 radical (unpaired) electrons. The van der Waals surface area contributed by atoms with E-state index < -0.39 is 17.9 Å². The van der Waals surface area contributed by atoms with Crippen molar-refractivity contribution in [2.75, 3.05) is 104 Å². The number of carbonyl (C=O) groups excluding carboxylic acids is 4. The summed E-state index contributed by atoms with van der Waals surface area (Å²) in [5.41, 5.74) is 9.65. The number of hydrogen-bond donors (Lipinski definition) is 4. The van der Waals surface area contributed by atoms with Crippen LogP contribution in [0.4, 0.5) is 11.5 Å². The van der Waals surface area contributed by atoms with Crippen molar-refractivity contribution in [1.82, 2.24) is 45.1 Å². The van der Waals surface area contributed by atoms with Gasteiger partial charge >= 0.3 is 0 Å². The highest BCUT2D eigenvalue weighted by Crippen LogP contribution is 2.38. The number of nitrogen functional groups attached to an aromatic ring is 1. The Labute approximate surface area is 402 Å². The molecule has 0 spiro atoms. The number of aromatic nitrogens is 4. The third kappa shape index (κ3) is 12.3. The number of hydrogen-bond acceptors (Lipinski definition) is 16. The van der Waals surface area contributed by atoms with Crippen LogP contribution in [-0.2, 0) is 23.8 Å². The first-order valence-corrected chi connectivity index (χ1v) is 24.0. The molecular weight excluding hydrogens is 883 g/mol. The molecule has 1 saturated carbocycles. The zero-order chi connectivity index (χ0) is 48.0. The number of carbonyl (C=O) groups is 4. The van der Waals surface area contributed by atoms with Crippen molar-refractivity contribution in [2.45, 2.75) is 56.7 Å². The summed E-state index contributed by atoms with van der Waals surface area (Å²) < 4.78 is 25.1. The molecule has 1 aliphatic carbocycles.